The molecule has 0 radical (unpaired) electrons. The highest BCUT2D eigenvalue weighted by atomic mass is 19.4. The van der Waals surface area contributed by atoms with E-state index in [1.54, 1.807) is 0 Å². The zero-order chi connectivity index (χ0) is 17.0. The van der Waals surface area contributed by atoms with Crippen molar-refractivity contribution in [3.8, 4) is 0 Å². The van der Waals surface area contributed by atoms with Crippen molar-refractivity contribution in [2.45, 2.75) is 51.1 Å². The number of allylic oxidation sites excluding steroid dienone is 1. The largest absolute Gasteiger partial charge is 0.422 e. The number of aryl methyl sites for hydroxylation is 1. The minimum Gasteiger partial charge on any atom is -0.206 e. The second-order valence-electron chi connectivity index (χ2n) is 6.38. The standard InChI is InChI=1S/C18H21F5/c1-2-3-12-4-6-13(7-5-12)8-9-14-10-15(19)17(16(20)11-14)18(21,22)23/h2,10-13H,1,3-9H2. The zero-order valence-electron chi connectivity index (χ0n) is 12.9. The monoisotopic (exact) mass is 332 g/mol. The summed E-state index contributed by atoms with van der Waals surface area (Å²) in [7, 11) is 0. The third-order valence-electron chi connectivity index (χ3n) is 4.69. The van der Waals surface area contributed by atoms with Gasteiger partial charge in [0.25, 0.3) is 0 Å². The van der Waals surface area contributed by atoms with Crippen LogP contribution in [0.1, 0.15) is 49.7 Å². The first-order valence-corrected chi connectivity index (χ1v) is 7.97. The zero-order valence-corrected chi connectivity index (χ0v) is 12.9. The first-order chi connectivity index (χ1) is 10.8. The average Bonchev–Trinajstić information content (AvgIpc) is 2.44. The van der Waals surface area contributed by atoms with Crippen LogP contribution in [0.3, 0.4) is 0 Å². The smallest absolute Gasteiger partial charge is 0.206 e. The van der Waals surface area contributed by atoms with Gasteiger partial charge >= 0.3 is 6.18 Å². The molecule has 1 aromatic carbocycles. The van der Waals surface area contributed by atoms with Gasteiger partial charge in [0.1, 0.15) is 17.2 Å². The van der Waals surface area contributed by atoms with E-state index in [-0.39, 0.29) is 0 Å². The van der Waals surface area contributed by atoms with Crippen LogP contribution in [0, 0.1) is 23.5 Å². The Labute approximate surface area is 133 Å². The van der Waals surface area contributed by atoms with Gasteiger partial charge in [-0.3, -0.25) is 0 Å². The van der Waals surface area contributed by atoms with Crippen LogP contribution in [-0.4, -0.2) is 0 Å². The van der Waals surface area contributed by atoms with Crippen molar-refractivity contribution in [2.24, 2.45) is 11.8 Å². The van der Waals surface area contributed by atoms with Gasteiger partial charge in [-0.2, -0.15) is 13.2 Å². The summed E-state index contributed by atoms with van der Waals surface area (Å²) >= 11 is 0. The Balaban J connectivity index is 1.93. The fraction of sp³-hybridized carbons (Fsp3) is 0.556. The van der Waals surface area contributed by atoms with Crippen molar-refractivity contribution in [1.29, 1.82) is 0 Å². The molecule has 0 nitrogen and oxygen atoms in total. The molecule has 1 saturated carbocycles. The number of rotatable bonds is 5. The highest BCUT2D eigenvalue weighted by molar-refractivity contribution is 5.28. The molecular weight excluding hydrogens is 311 g/mol. The minimum atomic E-state index is -5.00. The molecule has 0 saturated heterocycles. The lowest BCUT2D eigenvalue weighted by Crippen LogP contribution is -2.15. The molecule has 1 aliphatic carbocycles. The molecule has 0 unspecified atom stereocenters. The summed E-state index contributed by atoms with van der Waals surface area (Å²) in [4.78, 5) is 0. The molecule has 0 N–H and O–H groups in total. The van der Waals surface area contributed by atoms with Crippen molar-refractivity contribution >= 4 is 0 Å². The summed E-state index contributed by atoms with van der Waals surface area (Å²) in [5.74, 6) is -1.90. The van der Waals surface area contributed by atoms with Crippen molar-refractivity contribution in [1.82, 2.24) is 0 Å². The number of hydrogen-bond acceptors (Lipinski definition) is 0. The third kappa shape index (κ3) is 4.79. The molecule has 0 heterocycles. The third-order valence-corrected chi connectivity index (χ3v) is 4.69. The lowest BCUT2D eigenvalue weighted by Gasteiger charge is -2.27. The molecule has 1 fully saturated rings. The average molecular weight is 332 g/mol. The highest BCUT2D eigenvalue weighted by Gasteiger charge is 2.37. The Morgan fingerprint density at radius 2 is 1.52 bits per heavy atom. The Kier molecular flexibility index (Phi) is 5.82. The van der Waals surface area contributed by atoms with Crippen LogP contribution in [0.15, 0.2) is 24.8 Å². The molecule has 1 aliphatic rings. The minimum absolute atomic E-state index is 0.293. The lowest BCUT2D eigenvalue weighted by atomic mass is 9.78. The van der Waals surface area contributed by atoms with Gasteiger partial charge < -0.3 is 0 Å². The van der Waals surface area contributed by atoms with E-state index >= 15 is 0 Å². The number of hydrogen-bond donors (Lipinski definition) is 0. The van der Waals surface area contributed by atoms with Crippen LogP contribution in [0.25, 0.3) is 0 Å². The van der Waals surface area contributed by atoms with Crippen LogP contribution in [-0.2, 0) is 12.6 Å². The van der Waals surface area contributed by atoms with Gasteiger partial charge in [-0.1, -0.05) is 18.9 Å². The van der Waals surface area contributed by atoms with Gasteiger partial charge in [0, 0.05) is 0 Å². The highest BCUT2D eigenvalue weighted by Crippen LogP contribution is 2.36. The Morgan fingerprint density at radius 1 is 1.00 bits per heavy atom. The summed E-state index contributed by atoms with van der Waals surface area (Å²) < 4.78 is 64.7. The molecule has 1 aromatic rings. The summed E-state index contributed by atoms with van der Waals surface area (Å²) in [5.41, 5.74) is -1.51. The number of benzene rings is 1. The molecule has 0 bridgehead atoms. The molecule has 128 valence electrons. The van der Waals surface area contributed by atoms with Crippen LogP contribution in [0.5, 0.6) is 0 Å². The van der Waals surface area contributed by atoms with Crippen LogP contribution < -0.4 is 0 Å². The van der Waals surface area contributed by atoms with Crippen molar-refractivity contribution < 1.29 is 22.0 Å². The first-order valence-electron chi connectivity index (χ1n) is 7.97. The van der Waals surface area contributed by atoms with E-state index in [0.717, 1.165) is 50.7 Å². The quantitative estimate of drug-likeness (QED) is 0.438. The van der Waals surface area contributed by atoms with E-state index in [0.29, 0.717) is 23.8 Å². The molecule has 0 atom stereocenters. The van der Waals surface area contributed by atoms with Crippen molar-refractivity contribution in [2.75, 3.05) is 0 Å². The molecule has 23 heavy (non-hydrogen) atoms. The maximum Gasteiger partial charge on any atom is 0.422 e. The summed E-state index contributed by atoms with van der Waals surface area (Å²) in [6.45, 7) is 3.74. The molecule has 0 aliphatic heterocycles. The van der Waals surface area contributed by atoms with E-state index < -0.39 is 23.4 Å². The summed E-state index contributed by atoms with van der Waals surface area (Å²) in [6, 6.07) is 1.63. The van der Waals surface area contributed by atoms with Crippen LogP contribution in [0.4, 0.5) is 22.0 Å². The fourth-order valence-corrected chi connectivity index (χ4v) is 3.40. The maximum absolute atomic E-state index is 13.5. The van der Waals surface area contributed by atoms with E-state index in [9.17, 15) is 22.0 Å². The Morgan fingerprint density at radius 3 is 2.00 bits per heavy atom. The number of halogens is 5. The van der Waals surface area contributed by atoms with Gasteiger partial charge in [-0.15, -0.1) is 6.58 Å². The van der Waals surface area contributed by atoms with E-state index in [2.05, 4.69) is 6.58 Å². The van der Waals surface area contributed by atoms with Crippen molar-refractivity contribution in [3.05, 3.63) is 47.5 Å². The lowest BCUT2D eigenvalue weighted by molar-refractivity contribution is -0.142. The molecule has 0 aromatic heterocycles. The predicted octanol–water partition coefficient (Wildman–Crippen LogP) is 6.30. The van der Waals surface area contributed by atoms with E-state index in [1.807, 2.05) is 6.08 Å². The topological polar surface area (TPSA) is 0 Å². The SMILES string of the molecule is C=CCC1CCC(CCc2cc(F)c(C(F)(F)F)c(F)c2)CC1. The van der Waals surface area contributed by atoms with Crippen LogP contribution in [0.2, 0.25) is 0 Å². The second kappa shape index (κ2) is 7.45. The fourth-order valence-electron chi connectivity index (χ4n) is 3.40. The molecule has 0 amide bonds. The van der Waals surface area contributed by atoms with Gasteiger partial charge in [-0.25, -0.2) is 8.78 Å². The van der Waals surface area contributed by atoms with Gasteiger partial charge in [0.2, 0.25) is 0 Å². The Hall–Kier alpha value is -1.39. The van der Waals surface area contributed by atoms with Crippen molar-refractivity contribution in [3.63, 3.8) is 0 Å². The van der Waals surface area contributed by atoms with E-state index in [4.69, 9.17) is 0 Å². The predicted molar refractivity (Wildman–Crippen MR) is 79.9 cm³/mol. The van der Waals surface area contributed by atoms with Gasteiger partial charge in [0.15, 0.2) is 0 Å². The molecular formula is C18H21F5. The summed E-state index contributed by atoms with van der Waals surface area (Å²) in [5, 5.41) is 0. The van der Waals surface area contributed by atoms with Crippen LogP contribution >= 0.6 is 0 Å². The number of alkyl halides is 3. The van der Waals surface area contributed by atoms with Gasteiger partial charge in [0.05, 0.1) is 0 Å². The summed E-state index contributed by atoms with van der Waals surface area (Å²) in [6.07, 6.45) is 3.46. The first kappa shape index (κ1) is 18.0. The molecule has 0 spiro atoms. The second-order valence-corrected chi connectivity index (χ2v) is 6.38. The van der Waals surface area contributed by atoms with Gasteiger partial charge in [-0.05, 0) is 61.6 Å². The molecule has 5 heteroatoms. The van der Waals surface area contributed by atoms with E-state index in [1.165, 1.54) is 0 Å². The molecule has 2 rings (SSSR count). The Bertz CT molecular complexity index is 516. The normalized spacial score (nSPS) is 22.1. The maximum atomic E-state index is 13.5.